The van der Waals surface area contributed by atoms with Crippen LogP contribution in [-0.2, 0) is 20.8 Å². The van der Waals surface area contributed by atoms with Crippen molar-refractivity contribution in [2.75, 3.05) is 20.8 Å². The third kappa shape index (κ3) is 3.12. The molecule has 0 bridgehead atoms. The molecule has 1 aromatic heterocycles. The molecular formula is C13H21N3O3. The summed E-state index contributed by atoms with van der Waals surface area (Å²) in [7, 11) is 3.08. The van der Waals surface area contributed by atoms with E-state index in [9.17, 15) is 4.79 Å². The molecule has 106 valence electrons. The summed E-state index contributed by atoms with van der Waals surface area (Å²) < 4.78 is 11.9. The first-order chi connectivity index (χ1) is 9.27. The fraction of sp³-hybridized carbons (Fsp3) is 0.769. The maximum absolute atomic E-state index is 12.1. The maximum Gasteiger partial charge on any atom is 0.316 e. The lowest BCUT2D eigenvalue weighted by Gasteiger charge is -2.20. The minimum Gasteiger partial charge on any atom is -0.468 e. The molecule has 1 unspecified atom stereocenters. The predicted octanol–water partition coefficient (Wildman–Crippen LogP) is 1.37. The Labute approximate surface area is 113 Å². The largest absolute Gasteiger partial charge is 0.468 e. The van der Waals surface area contributed by atoms with Crippen LogP contribution >= 0.6 is 0 Å². The third-order valence-corrected chi connectivity index (χ3v) is 3.79. The Morgan fingerprint density at radius 1 is 1.47 bits per heavy atom. The number of esters is 1. The molecule has 0 aromatic carbocycles. The van der Waals surface area contributed by atoms with Crippen LogP contribution in [0.3, 0.4) is 0 Å². The number of ether oxygens (including phenoxy) is 2. The molecule has 1 aliphatic rings. The minimum absolute atomic E-state index is 0.210. The molecule has 0 aliphatic heterocycles. The van der Waals surface area contributed by atoms with E-state index in [4.69, 9.17) is 9.47 Å². The smallest absolute Gasteiger partial charge is 0.316 e. The van der Waals surface area contributed by atoms with Gasteiger partial charge in [0.15, 0.2) is 0 Å². The normalized spacial score (nSPS) is 17.6. The van der Waals surface area contributed by atoms with Crippen molar-refractivity contribution >= 4 is 5.97 Å². The number of aromatic nitrogens is 3. The zero-order valence-electron chi connectivity index (χ0n) is 11.5. The van der Waals surface area contributed by atoms with E-state index < -0.39 is 0 Å². The molecule has 1 aliphatic carbocycles. The van der Waals surface area contributed by atoms with Crippen LogP contribution in [0.4, 0.5) is 0 Å². The summed E-state index contributed by atoms with van der Waals surface area (Å²) in [5.41, 5.74) is 0. The fourth-order valence-electron chi connectivity index (χ4n) is 2.79. The van der Waals surface area contributed by atoms with Gasteiger partial charge in [0.25, 0.3) is 0 Å². The van der Waals surface area contributed by atoms with Crippen molar-refractivity contribution in [3.05, 3.63) is 12.2 Å². The van der Waals surface area contributed by atoms with Gasteiger partial charge in [-0.3, -0.25) is 4.79 Å². The Kier molecular flexibility index (Phi) is 4.90. The highest BCUT2D eigenvalue weighted by Gasteiger charge is 2.36. The molecule has 1 heterocycles. The van der Waals surface area contributed by atoms with E-state index in [1.165, 1.54) is 20.0 Å². The van der Waals surface area contributed by atoms with Gasteiger partial charge in [-0.1, -0.05) is 12.8 Å². The summed E-state index contributed by atoms with van der Waals surface area (Å²) in [4.78, 5) is 12.1. The molecule has 1 atom stereocenters. The van der Waals surface area contributed by atoms with E-state index in [2.05, 4.69) is 10.2 Å². The van der Waals surface area contributed by atoms with E-state index in [0.29, 0.717) is 24.9 Å². The van der Waals surface area contributed by atoms with Gasteiger partial charge in [-0.2, -0.15) is 0 Å². The van der Waals surface area contributed by atoms with Crippen LogP contribution in [-0.4, -0.2) is 41.6 Å². The first-order valence-corrected chi connectivity index (χ1v) is 6.72. The fourth-order valence-corrected chi connectivity index (χ4v) is 2.79. The van der Waals surface area contributed by atoms with Gasteiger partial charge in [0.05, 0.1) is 13.7 Å². The van der Waals surface area contributed by atoms with Gasteiger partial charge in [-0.05, 0) is 18.8 Å². The van der Waals surface area contributed by atoms with Crippen LogP contribution < -0.4 is 0 Å². The average molecular weight is 267 g/mol. The highest BCUT2D eigenvalue weighted by atomic mass is 16.5. The first-order valence-electron chi connectivity index (χ1n) is 6.72. The third-order valence-electron chi connectivity index (χ3n) is 3.79. The van der Waals surface area contributed by atoms with Crippen molar-refractivity contribution in [3.63, 3.8) is 0 Å². The molecular weight excluding hydrogens is 246 g/mol. The number of nitrogens with zero attached hydrogens (tertiary/aromatic N) is 3. The lowest BCUT2D eigenvalue weighted by atomic mass is 9.90. The Bertz CT molecular complexity index is 413. The minimum atomic E-state index is -0.299. The highest BCUT2D eigenvalue weighted by molar-refractivity contribution is 5.77. The van der Waals surface area contributed by atoms with Crippen LogP contribution in [0.1, 0.15) is 37.4 Å². The summed E-state index contributed by atoms with van der Waals surface area (Å²) in [6, 6.07) is 0. The topological polar surface area (TPSA) is 66.2 Å². The van der Waals surface area contributed by atoms with E-state index in [-0.39, 0.29) is 11.9 Å². The maximum atomic E-state index is 12.1. The quantitative estimate of drug-likeness (QED) is 0.728. The van der Waals surface area contributed by atoms with Crippen LogP contribution in [0.2, 0.25) is 0 Å². The predicted molar refractivity (Wildman–Crippen MR) is 68.6 cm³/mol. The van der Waals surface area contributed by atoms with Crippen molar-refractivity contribution in [2.45, 2.75) is 38.1 Å². The Morgan fingerprint density at radius 2 is 2.21 bits per heavy atom. The first kappa shape index (κ1) is 14.0. The van der Waals surface area contributed by atoms with Gasteiger partial charge in [-0.25, -0.2) is 0 Å². The number of hydrogen-bond acceptors (Lipinski definition) is 5. The molecule has 6 nitrogen and oxygen atoms in total. The van der Waals surface area contributed by atoms with E-state index in [0.717, 1.165) is 12.8 Å². The molecule has 0 amide bonds. The summed E-state index contributed by atoms with van der Waals surface area (Å²) in [5, 5.41) is 8.07. The van der Waals surface area contributed by atoms with Crippen LogP contribution in [0.15, 0.2) is 6.33 Å². The van der Waals surface area contributed by atoms with Crippen LogP contribution in [0.25, 0.3) is 0 Å². The van der Waals surface area contributed by atoms with E-state index in [1.807, 2.05) is 4.57 Å². The number of methoxy groups -OCH3 is 2. The van der Waals surface area contributed by atoms with Crippen molar-refractivity contribution in [1.29, 1.82) is 0 Å². The van der Waals surface area contributed by atoms with Crippen molar-refractivity contribution < 1.29 is 14.3 Å². The summed E-state index contributed by atoms with van der Waals surface area (Å²) in [6.45, 7) is 1.22. The molecule has 1 aromatic rings. The summed E-state index contributed by atoms with van der Waals surface area (Å²) in [6.07, 6.45) is 6.10. The molecule has 0 saturated heterocycles. The molecule has 2 rings (SSSR count). The molecule has 0 spiro atoms. The molecule has 6 heteroatoms. The van der Waals surface area contributed by atoms with Gasteiger partial charge >= 0.3 is 5.97 Å². The molecule has 0 N–H and O–H groups in total. The lowest BCUT2D eigenvalue weighted by Crippen LogP contribution is -2.25. The zero-order valence-corrected chi connectivity index (χ0v) is 11.5. The zero-order chi connectivity index (χ0) is 13.7. The van der Waals surface area contributed by atoms with Gasteiger partial charge in [-0.15, -0.1) is 10.2 Å². The van der Waals surface area contributed by atoms with Crippen LogP contribution in [0.5, 0.6) is 0 Å². The highest BCUT2D eigenvalue weighted by Crippen LogP contribution is 2.37. The molecule has 1 fully saturated rings. The molecule has 1 saturated carbocycles. The van der Waals surface area contributed by atoms with E-state index in [1.54, 1.807) is 13.4 Å². The van der Waals surface area contributed by atoms with Gasteiger partial charge in [0.2, 0.25) is 0 Å². The van der Waals surface area contributed by atoms with Crippen molar-refractivity contribution in [1.82, 2.24) is 14.8 Å². The molecule has 0 radical (unpaired) electrons. The van der Waals surface area contributed by atoms with Gasteiger partial charge in [0.1, 0.15) is 18.1 Å². The second-order valence-electron chi connectivity index (χ2n) is 4.92. The Morgan fingerprint density at radius 3 is 2.84 bits per heavy atom. The Balaban J connectivity index is 2.21. The van der Waals surface area contributed by atoms with Crippen LogP contribution in [0, 0.1) is 5.92 Å². The SMILES string of the molecule is COCCn1cnnc1C(C(=O)OC)C1CCCC1. The standard InChI is InChI=1S/C13H21N3O3/c1-18-8-7-16-9-14-15-12(16)11(13(17)19-2)10-5-3-4-6-10/h9-11H,3-8H2,1-2H3. The number of rotatable bonds is 6. The molecule has 19 heavy (non-hydrogen) atoms. The number of carbonyl (C=O) groups is 1. The van der Waals surface area contributed by atoms with Gasteiger partial charge < -0.3 is 14.0 Å². The average Bonchev–Trinajstić information content (AvgIpc) is 3.08. The number of hydrogen-bond donors (Lipinski definition) is 0. The van der Waals surface area contributed by atoms with Crippen molar-refractivity contribution in [2.24, 2.45) is 5.92 Å². The second-order valence-corrected chi connectivity index (χ2v) is 4.92. The summed E-state index contributed by atoms with van der Waals surface area (Å²) >= 11 is 0. The van der Waals surface area contributed by atoms with E-state index >= 15 is 0 Å². The second kappa shape index (κ2) is 6.65. The summed E-state index contributed by atoms with van der Waals surface area (Å²) in [5.74, 6) is 0.513. The monoisotopic (exact) mass is 267 g/mol. The van der Waals surface area contributed by atoms with Crippen molar-refractivity contribution in [3.8, 4) is 0 Å². The Hall–Kier alpha value is -1.43. The number of carbonyl (C=O) groups excluding carboxylic acids is 1. The van der Waals surface area contributed by atoms with Gasteiger partial charge in [0, 0.05) is 13.7 Å². The lowest BCUT2D eigenvalue weighted by molar-refractivity contribution is -0.144.